The summed E-state index contributed by atoms with van der Waals surface area (Å²) < 4.78 is 1.20. The van der Waals surface area contributed by atoms with Gasteiger partial charge in [-0.2, -0.15) is 0 Å². The van der Waals surface area contributed by atoms with E-state index in [1.54, 1.807) is 0 Å². The molecule has 0 saturated heterocycles. The van der Waals surface area contributed by atoms with Crippen LogP contribution in [0.5, 0.6) is 0 Å². The number of nitrogens with zero attached hydrogens (tertiary/aromatic N) is 1. The second-order valence-corrected chi connectivity index (χ2v) is 5.89. The molecule has 1 aliphatic rings. The normalized spacial score (nSPS) is 17.4. The summed E-state index contributed by atoms with van der Waals surface area (Å²) in [7, 11) is 2.19. The van der Waals surface area contributed by atoms with Gasteiger partial charge in [0.1, 0.15) is 0 Å². The molecule has 1 unspecified atom stereocenters. The lowest BCUT2D eigenvalue weighted by molar-refractivity contribution is 0.242. The Morgan fingerprint density at radius 3 is 2.76 bits per heavy atom. The maximum absolute atomic E-state index is 3.60. The summed E-state index contributed by atoms with van der Waals surface area (Å²) in [5, 5.41) is 3.58. The lowest BCUT2D eigenvalue weighted by atomic mass is 10.2. The van der Waals surface area contributed by atoms with E-state index in [1.165, 1.54) is 22.9 Å². The van der Waals surface area contributed by atoms with Crippen LogP contribution in [0.25, 0.3) is 0 Å². The van der Waals surface area contributed by atoms with Crippen molar-refractivity contribution in [1.82, 2.24) is 10.2 Å². The van der Waals surface area contributed by atoms with Crippen LogP contribution >= 0.6 is 15.9 Å². The highest BCUT2D eigenvalue weighted by Crippen LogP contribution is 2.20. The molecule has 2 nitrogen and oxygen atoms in total. The van der Waals surface area contributed by atoms with Gasteiger partial charge in [-0.05, 0) is 38.4 Å². The Hall–Kier alpha value is -0.380. The van der Waals surface area contributed by atoms with E-state index in [0.717, 1.165) is 19.1 Å². The van der Waals surface area contributed by atoms with Crippen LogP contribution in [-0.4, -0.2) is 30.6 Å². The van der Waals surface area contributed by atoms with Crippen LogP contribution < -0.4 is 5.32 Å². The molecular formula is C14H21BrN2. The van der Waals surface area contributed by atoms with Crippen molar-refractivity contribution in [3.05, 3.63) is 34.3 Å². The number of rotatable bonds is 6. The third kappa shape index (κ3) is 4.09. The molecule has 94 valence electrons. The fourth-order valence-corrected chi connectivity index (χ4v) is 2.24. The highest BCUT2D eigenvalue weighted by Gasteiger charge is 2.21. The second kappa shape index (κ2) is 5.98. The van der Waals surface area contributed by atoms with Crippen LogP contribution in [0.2, 0.25) is 0 Å². The Balaban J connectivity index is 1.82. The molecule has 3 heteroatoms. The van der Waals surface area contributed by atoms with Crippen LogP contribution in [0.1, 0.15) is 25.3 Å². The smallest absolute Gasteiger partial charge is 0.0245 e. The number of halogens is 1. The van der Waals surface area contributed by atoms with E-state index in [4.69, 9.17) is 0 Å². The van der Waals surface area contributed by atoms with Gasteiger partial charge >= 0.3 is 0 Å². The van der Waals surface area contributed by atoms with Crippen molar-refractivity contribution in [2.75, 3.05) is 13.6 Å². The molecule has 1 aliphatic carbocycles. The Morgan fingerprint density at radius 1 is 1.41 bits per heavy atom. The van der Waals surface area contributed by atoms with Crippen molar-refractivity contribution in [3.63, 3.8) is 0 Å². The molecule has 1 atom stereocenters. The predicted octanol–water partition coefficient (Wildman–Crippen LogP) is 3.02. The average molecular weight is 297 g/mol. The summed E-state index contributed by atoms with van der Waals surface area (Å²) in [6.07, 6.45) is 2.72. The van der Waals surface area contributed by atoms with Gasteiger partial charge in [-0.25, -0.2) is 0 Å². The van der Waals surface area contributed by atoms with E-state index in [9.17, 15) is 0 Å². The SMILES string of the molecule is CC(CNC1CC1)N(C)Cc1ccccc1Br. The third-order valence-corrected chi connectivity index (χ3v) is 4.18. The summed E-state index contributed by atoms with van der Waals surface area (Å²) in [5.41, 5.74) is 1.35. The number of nitrogens with one attached hydrogen (secondary N) is 1. The maximum atomic E-state index is 3.60. The molecule has 1 aromatic carbocycles. The minimum atomic E-state index is 0.572. The fraction of sp³-hybridized carbons (Fsp3) is 0.571. The van der Waals surface area contributed by atoms with Gasteiger partial charge < -0.3 is 5.32 Å². The first kappa shape index (κ1) is 13.1. The molecular weight excluding hydrogens is 276 g/mol. The fourth-order valence-electron chi connectivity index (χ4n) is 1.83. The number of benzene rings is 1. The summed E-state index contributed by atoms with van der Waals surface area (Å²) in [4.78, 5) is 2.40. The van der Waals surface area contributed by atoms with E-state index in [-0.39, 0.29) is 0 Å². The summed E-state index contributed by atoms with van der Waals surface area (Å²) in [6, 6.07) is 9.82. The second-order valence-electron chi connectivity index (χ2n) is 5.04. The standard InChI is InChI=1S/C14H21BrN2/c1-11(9-16-13-7-8-13)17(2)10-12-5-3-4-6-14(12)15/h3-6,11,13,16H,7-10H2,1-2H3. The van der Waals surface area contributed by atoms with Crippen LogP contribution in [0.3, 0.4) is 0 Å². The minimum Gasteiger partial charge on any atom is -0.312 e. The summed E-state index contributed by atoms with van der Waals surface area (Å²) in [6.45, 7) is 4.37. The summed E-state index contributed by atoms with van der Waals surface area (Å²) in [5.74, 6) is 0. The van der Waals surface area contributed by atoms with E-state index >= 15 is 0 Å². The molecule has 0 aliphatic heterocycles. The van der Waals surface area contributed by atoms with Crippen molar-refractivity contribution in [2.24, 2.45) is 0 Å². The molecule has 1 saturated carbocycles. The molecule has 0 heterocycles. The molecule has 17 heavy (non-hydrogen) atoms. The topological polar surface area (TPSA) is 15.3 Å². The van der Waals surface area contributed by atoms with E-state index in [0.29, 0.717) is 6.04 Å². The zero-order valence-corrected chi connectivity index (χ0v) is 12.2. The Labute approximate surface area is 113 Å². The van der Waals surface area contributed by atoms with Gasteiger partial charge in [0, 0.05) is 29.6 Å². The molecule has 0 spiro atoms. The Kier molecular flexibility index (Phi) is 4.60. The van der Waals surface area contributed by atoms with E-state index in [1.807, 2.05) is 0 Å². The quantitative estimate of drug-likeness (QED) is 0.868. The lowest BCUT2D eigenvalue weighted by Crippen LogP contribution is -2.38. The molecule has 0 radical (unpaired) electrons. The first-order valence-electron chi connectivity index (χ1n) is 6.34. The van der Waals surface area contributed by atoms with Gasteiger partial charge in [-0.15, -0.1) is 0 Å². The molecule has 2 rings (SSSR count). The van der Waals surface area contributed by atoms with Gasteiger partial charge in [-0.3, -0.25) is 4.90 Å². The Morgan fingerprint density at radius 2 is 2.12 bits per heavy atom. The van der Waals surface area contributed by atoms with Crippen molar-refractivity contribution >= 4 is 15.9 Å². The molecule has 0 aromatic heterocycles. The number of hydrogen-bond acceptors (Lipinski definition) is 2. The minimum absolute atomic E-state index is 0.572. The van der Waals surface area contributed by atoms with Gasteiger partial charge in [0.2, 0.25) is 0 Å². The molecule has 1 N–H and O–H groups in total. The van der Waals surface area contributed by atoms with Crippen molar-refractivity contribution in [2.45, 2.75) is 38.4 Å². The third-order valence-electron chi connectivity index (χ3n) is 3.41. The van der Waals surface area contributed by atoms with Gasteiger partial charge in [0.05, 0.1) is 0 Å². The highest BCUT2D eigenvalue weighted by atomic mass is 79.9. The number of likely N-dealkylation sites (N-methyl/N-ethyl adjacent to an activating group) is 1. The highest BCUT2D eigenvalue weighted by molar-refractivity contribution is 9.10. The molecule has 0 bridgehead atoms. The van der Waals surface area contributed by atoms with Crippen LogP contribution in [0.15, 0.2) is 28.7 Å². The van der Waals surface area contributed by atoms with E-state index in [2.05, 4.69) is 64.4 Å². The van der Waals surface area contributed by atoms with E-state index < -0.39 is 0 Å². The first-order valence-corrected chi connectivity index (χ1v) is 7.13. The van der Waals surface area contributed by atoms with Crippen molar-refractivity contribution in [3.8, 4) is 0 Å². The molecule has 1 fully saturated rings. The Bertz CT molecular complexity index is 363. The largest absolute Gasteiger partial charge is 0.312 e. The van der Waals surface area contributed by atoms with Crippen LogP contribution in [-0.2, 0) is 6.54 Å². The monoisotopic (exact) mass is 296 g/mol. The maximum Gasteiger partial charge on any atom is 0.0245 e. The predicted molar refractivity (Wildman–Crippen MR) is 76.1 cm³/mol. The van der Waals surface area contributed by atoms with Crippen molar-refractivity contribution < 1.29 is 0 Å². The van der Waals surface area contributed by atoms with Crippen LogP contribution in [0, 0.1) is 0 Å². The van der Waals surface area contributed by atoms with Crippen LogP contribution in [0.4, 0.5) is 0 Å². The first-order chi connectivity index (χ1) is 8.16. The lowest BCUT2D eigenvalue weighted by Gasteiger charge is -2.25. The number of hydrogen-bond donors (Lipinski definition) is 1. The van der Waals surface area contributed by atoms with Crippen molar-refractivity contribution in [1.29, 1.82) is 0 Å². The van der Waals surface area contributed by atoms with Gasteiger partial charge in [-0.1, -0.05) is 34.1 Å². The van der Waals surface area contributed by atoms with Gasteiger partial charge in [0.15, 0.2) is 0 Å². The molecule has 0 amide bonds. The van der Waals surface area contributed by atoms with Gasteiger partial charge in [0.25, 0.3) is 0 Å². The zero-order valence-electron chi connectivity index (χ0n) is 10.6. The molecule has 1 aromatic rings. The average Bonchev–Trinajstić information content (AvgIpc) is 3.13. The summed E-state index contributed by atoms with van der Waals surface area (Å²) >= 11 is 3.60. The zero-order chi connectivity index (χ0) is 12.3.